The van der Waals surface area contributed by atoms with Crippen molar-refractivity contribution in [2.45, 2.75) is 13.2 Å². The minimum absolute atomic E-state index is 0.0351. The summed E-state index contributed by atoms with van der Waals surface area (Å²) in [6.45, 7) is -3.32. The van der Waals surface area contributed by atoms with Crippen molar-refractivity contribution >= 4 is 40.6 Å². The van der Waals surface area contributed by atoms with E-state index >= 15 is 0 Å². The molecule has 2 amide bonds. The second-order valence-corrected chi connectivity index (χ2v) is 7.16. The Morgan fingerprint density at radius 1 is 1.21 bits per heavy atom. The number of halogens is 4. The van der Waals surface area contributed by atoms with Crippen LogP contribution in [0, 0.1) is 5.82 Å². The van der Waals surface area contributed by atoms with E-state index in [1.54, 1.807) is 0 Å². The average molecular weight is 444 g/mol. The molecule has 0 radical (unpaired) electrons. The molecule has 0 bridgehead atoms. The van der Waals surface area contributed by atoms with Gasteiger partial charge >= 0.3 is 6.61 Å². The number of nitrogens with zero attached hydrogens (tertiary/aromatic N) is 1. The third-order valence-corrected chi connectivity index (χ3v) is 5.21. The third kappa shape index (κ3) is 4.68. The van der Waals surface area contributed by atoms with Crippen LogP contribution in [-0.2, 0) is 11.3 Å². The SMILES string of the molecule is COc1cc(/C=C2\SC(=O)N(Cc3c(F)cccc3Cl)C2=O)ccc1OC(F)F. The first-order chi connectivity index (χ1) is 13.8. The molecule has 3 rings (SSSR count). The number of carbonyl (C=O) groups is 2. The van der Waals surface area contributed by atoms with Crippen LogP contribution in [0.2, 0.25) is 5.02 Å². The Morgan fingerprint density at radius 3 is 2.62 bits per heavy atom. The number of benzene rings is 2. The molecule has 0 aliphatic carbocycles. The average Bonchev–Trinajstić information content (AvgIpc) is 2.92. The van der Waals surface area contributed by atoms with Crippen LogP contribution in [0.15, 0.2) is 41.3 Å². The summed E-state index contributed by atoms with van der Waals surface area (Å²) in [6.07, 6.45) is 1.41. The predicted molar refractivity (Wildman–Crippen MR) is 103 cm³/mol. The van der Waals surface area contributed by atoms with Crippen LogP contribution in [0.5, 0.6) is 11.5 Å². The molecule has 0 saturated carbocycles. The Hall–Kier alpha value is -2.65. The fraction of sp³-hybridized carbons (Fsp3) is 0.158. The Bertz CT molecular complexity index is 979. The van der Waals surface area contributed by atoms with Crippen molar-refractivity contribution < 1.29 is 32.2 Å². The molecule has 0 atom stereocenters. The Balaban J connectivity index is 1.84. The smallest absolute Gasteiger partial charge is 0.387 e. The minimum atomic E-state index is -3.02. The summed E-state index contributed by atoms with van der Waals surface area (Å²) in [5, 5.41) is -0.474. The molecule has 1 heterocycles. The molecular formula is C19H13ClF3NO4S. The molecule has 2 aromatic carbocycles. The van der Waals surface area contributed by atoms with Gasteiger partial charge in [0, 0.05) is 10.6 Å². The van der Waals surface area contributed by atoms with Gasteiger partial charge in [0.15, 0.2) is 11.5 Å². The maximum Gasteiger partial charge on any atom is 0.387 e. The highest BCUT2D eigenvalue weighted by atomic mass is 35.5. The number of methoxy groups -OCH3 is 1. The zero-order chi connectivity index (χ0) is 21.1. The van der Waals surface area contributed by atoms with Gasteiger partial charge in [-0.25, -0.2) is 4.39 Å². The van der Waals surface area contributed by atoms with Crippen LogP contribution in [0.3, 0.4) is 0 Å². The molecule has 29 heavy (non-hydrogen) atoms. The normalized spacial score (nSPS) is 15.5. The van der Waals surface area contributed by atoms with Gasteiger partial charge < -0.3 is 9.47 Å². The number of hydrogen-bond donors (Lipinski definition) is 0. The molecule has 1 aliphatic rings. The maximum atomic E-state index is 14.0. The van der Waals surface area contributed by atoms with Crippen molar-refractivity contribution in [3.05, 3.63) is 63.3 Å². The lowest BCUT2D eigenvalue weighted by molar-refractivity contribution is -0.123. The highest BCUT2D eigenvalue weighted by Crippen LogP contribution is 2.36. The van der Waals surface area contributed by atoms with Gasteiger partial charge in [-0.3, -0.25) is 14.5 Å². The maximum absolute atomic E-state index is 14.0. The number of ether oxygens (including phenoxy) is 2. The number of rotatable bonds is 6. The molecule has 2 aromatic rings. The Labute approximate surface area is 173 Å². The molecule has 5 nitrogen and oxygen atoms in total. The van der Waals surface area contributed by atoms with E-state index in [4.69, 9.17) is 16.3 Å². The molecule has 1 saturated heterocycles. The zero-order valence-corrected chi connectivity index (χ0v) is 16.4. The number of hydrogen-bond acceptors (Lipinski definition) is 5. The second kappa shape index (κ2) is 8.79. The monoisotopic (exact) mass is 443 g/mol. The van der Waals surface area contributed by atoms with Crippen LogP contribution >= 0.6 is 23.4 Å². The lowest BCUT2D eigenvalue weighted by atomic mass is 10.1. The molecule has 152 valence electrons. The summed E-state index contributed by atoms with van der Waals surface area (Å²) in [7, 11) is 1.28. The highest BCUT2D eigenvalue weighted by Gasteiger charge is 2.36. The van der Waals surface area contributed by atoms with E-state index in [2.05, 4.69) is 4.74 Å². The summed E-state index contributed by atoms with van der Waals surface area (Å²) in [5.41, 5.74) is 0.464. The van der Waals surface area contributed by atoms with Gasteiger partial charge in [0.05, 0.1) is 18.6 Å². The van der Waals surface area contributed by atoms with Crippen molar-refractivity contribution in [2.24, 2.45) is 0 Å². The van der Waals surface area contributed by atoms with E-state index in [0.717, 1.165) is 4.90 Å². The minimum Gasteiger partial charge on any atom is -0.493 e. The first kappa shape index (κ1) is 21.1. The number of imide groups is 1. The lowest BCUT2D eigenvalue weighted by Crippen LogP contribution is -2.28. The summed E-state index contributed by atoms with van der Waals surface area (Å²) >= 11 is 6.64. The van der Waals surface area contributed by atoms with Crippen LogP contribution in [0.1, 0.15) is 11.1 Å². The number of amides is 2. The highest BCUT2D eigenvalue weighted by molar-refractivity contribution is 8.18. The summed E-state index contributed by atoms with van der Waals surface area (Å²) < 4.78 is 48.2. The molecule has 10 heteroatoms. The number of alkyl halides is 2. The van der Waals surface area contributed by atoms with E-state index < -0.39 is 23.6 Å². The Kier molecular flexibility index (Phi) is 6.39. The van der Waals surface area contributed by atoms with Gasteiger partial charge in [-0.2, -0.15) is 8.78 Å². The van der Waals surface area contributed by atoms with E-state index in [1.807, 2.05) is 0 Å². The van der Waals surface area contributed by atoms with E-state index in [1.165, 1.54) is 49.6 Å². The summed E-state index contributed by atoms with van der Waals surface area (Å²) in [6, 6.07) is 8.15. The van der Waals surface area contributed by atoms with Gasteiger partial charge in [0.1, 0.15) is 5.82 Å². The molecule has 1 aliphatic heterocycles. The van der Waals surface area contributed by atoms with E-state index in [9.17, 15) is 22.8 Å². The number of carbonyl (C=O) groups excluding carboxylic acids is 2. The Morgan fingerprint density at radius 2 is 1.97 bits per heavy atom. The predicted octanol–water partition coefficient (Wildman–Crippen LogP) is 5.33. The van der Waals surface area contributed by atoms with Crippen LogP contribution in [0.25, 0.3) is 6.08 Å². The van der Waals surface area contributed by atoms with Gasteiger partial charge in [-0.05, 0) is 47.7 Å². The van der Waals surface area contributed by atoms with Gasteiger partial charge in [-0.1, -0.05) is 23.7 Å². The molecule has 0 N–H and O–H groups in total. The fourth-order valence-electron chi connectivity index (χ4n) is 2.60. The first-order valence-corrected chi connectivity index (χ1v) is 9.30. The third-order valence-electron chi connectivity index (χ3n) is 3.95. The molecule has 0 aromatic heterocycles. The van der Waals surface area contributed by atoms with E-state index in [0.29, 0.717) is 17.3 Å². The fourth-order valence-corrected chi connectivity index (χ4v) is 3.66. The van der Waals surface area contributed by atoms with Crippen molar-refractivity contribution in [2.75, 3.05) is 7.11 Å². The quantitative estimate of drug-likeness (QED) is 0.565. The lowest BCUT2D eigenvalue weighted by Gasteiger charge is -2.14. The van der Waals surface area contributed by atoms with Gasteiger partial charge in [-0.15, -0.1) is 0 Å². The van der Waals surface area contributed by atoms with Crippen LogP contribution in [-0.4, -0.2) is 29.8 Å². The van der Waals surface area contributed by atoms with Crippen LogP contribution in [0.4, 0.5) is 18.0 Å². The van der Waals surface area contributed by atoms with Crippen molar-refractivity contribution in [3.63, 3.8) is 0 Å². The van der Waals surface area contributed by atoms with Gasteiger partial charge in [0.2, 0.25) is 0 Å². The molecular weight excluding hydrogens is 431 g/mol. The first-order valence-electron chi connectivity index (χ1n) is 8.11. The zero-order valence-electron chi connectivity index (χ0n) is 14.8. The second-order valence-electron chi connectivity index (χ2n) is 5.76. The van der Waals surface area contributed by atoms with E-state index in [-0.39, 0.29) is 33.5 Å². The van der Waals surface area contributed by atoms with Crippen molar-refractivity contribution in [1.29, 1.82) is 0 Å². The van der Waals surface area contributed by atoms with Gasteiger partial charge in [0.25, 0.3) is 11.1 Å². The molecule has 0 unspecified atom stereocenters. The molecule has 0 spiro atoms. The summed E-state index contributed by atoms with van der Waals surface area (Å²) in [5.74, 6) is -1.37. The standard InChI is InChI=1S/C19H13ClF3NO4S/c1-27-15-7-10(5-6-14(15)28-18(22)23)8-16-17(25)24(19(26)29-16)9-11-12(20)3-2-4-13(11)21/h2-8,18H,9H2,1H3/b16-8-. The van der Waals surface area contributed by atoms with Crippen molar-refractivity contribution in [1.82, 2.24) is 4.90 Å². The molecule has 1 fully saturated rings. The summed E-state index contributed by atoms with van der Waals surface area (Å²) in [4.78, 5) is 25.8. The number of thioether (sulfide) groups is 1. The van der Waals surface area contributed by atoms with Crippen molar-refractivity contribution in [3.8, 4) is 11.5 Å². The van der Waals surface area contributed by atoms with Crippen LogP contribution < -0.4 is 9.47 Å². The largest absolute Gasteiger partial charge is 0.493 e. The topological polar surface area (TPSA) is 55.8 Å².